The fourth-order valence-electron chi connectivity index (χ4n) is 3.85. The molecule has 0 bridgehead atoms. The first-order valence-electron chi connectivity index (χ1n) is 10.0. The molecular weight excluding hydrogens is 414 g/mol. The number of nitrogens with one attached hydrogen (secondary N) is 2. The summed E-state index contributed by atoms with van der Waals surface area (Å²) < 4.78 is 1.53. The van der Waals surface area contributed by atoms with Gasteiger partial charge in [0.15, 0.2) is 0 Å². The van der Waals surface area contributed by atoms with Gasteiger partial charge in [-0.3, -0.25) is 19.0 Å². The lowest BCUT2D eigenvalue weighted by molar-refractivity contribution is -0.119. The molecule has 3 aromatic rings. The second-order valence-electron chi connectivity index (χ2n) is 7.69. The van der Waals surface area contributed by atoms with Crippen LogP contribution in [-0.4, -0.2) is 33.6 Å². The van der Waals surface area contributed by atoms with Crippen molar-refractivity contribution in [3.63, 3.8) is 0 Å². The molecule has 0 unspecified atom stereocenters. The molecule has 7 nitrogen and oxygen atoms in total. The van der Waals surface area contributed by atoms with Crippen LogP contribution in [0.15, 0.2) is 64.9 Å². The van der Waals surface area contributed by atoms with Gasteiger partial charge in [0.2, 0.25) is 5.91 Å². The molecule has 1 aliphatic rings. The summed E-state index contributed by atoms with van der Waals surface area (Å²) in [5.41, 5.74) is 2.06. The van der Waals surface area contributed by atoms with Gasteiger partial charge in [-0.2, -0.15) is 0 Å². The van der Waals surface area contributed by atoms with Crippen molar-refractivity contribution in [2.24, 2.45) is 5.92 Å². The average Bonchev–Trinajstić information content (AvgIpc) is 3.40. The zero-order valence-corrected chi connectivity index (χ0v) is 17.8. The number of aliphatic hydroxyl groups is 1. The number of aliphatic hydroxyl groups excluding tert-OH is 1. The Bertz CT molecular complexity index is 1160. The Morgan fingerprint density at radius 1 is 1.13 bits per heavy atom. The van der Waals surface area contributed by atoms with Gasteiger partial charge in [0.05, 0.1) is 17.0 Å². The van der Waals surface area contributed by atoms with Gasteiger partial charge in [0.25, 0.3) is 11.5 Å². The van der Waals surface area contributed by atoms with Crippen molar-refractivity contribution in [3.8, 4) is 5.69 Å². The third-order valence-electron chi connectivity index (χ3n) is 5.53. The molecule has 1 aromatic carbocycles. The minimum Gasteiger partial charge on any atom is -0.391 e. The van der Waals surface area contributed by atoms with Gasteiger partial charge in [-0.1, -0.05) is 12.1 Å². The first kappa shape index (κ1) is 21.0. The first-order valence-corrected chi connectivity index (χ1v) is 10.9. The van der Waals surface area contributed by atoms with Crippen molar-refractivity contribution >= 4 is 28.8 Å². The zero-order valence-electron chi connectivity index (χ0n) is 16.9. The van der Waals surface area contributed by atoms with Crippen LogP contribution in [0, 0.1) is 12.8 Å². The Balaban J connectivity index is 1.41. The van der Waals surface area contributed by atoms with E-state index in [0.717, 1.165) is 5.56 Å². The second-order valence-corrected chi connectivity index (χ2v) is 8.64. The van der Waals surface area contributed by atoms with Crippen molar-refractivity contribution in [1.29, 1.82) is 0 Å². The van der Waals surface area contributed by atoms with Crippen LogP contribution in [0.2, 0.25) is 0 Å². The van der Waals surface area contributed by atoms with E-state index in [-0.39, 0.29) is 23.8 Å². The second kappa shape index (κ2) is 8.87. The predicted molar refractivity (Wildman–Crippen MR) is 120 cm³/mol. The van der Waals surface area contributed by atoms with Crippen LogP contribution in [0.4, 0.5) is 5.69 Å². The number of hydrogen-bond acceptors (Lipinski definition) is 5. The number of pyridine rings is 1. The van der Waals surface area contributed by atoms with E-state index in [1.807, 2.05) is 18.4 Å². The molecule has 1 aliphatic carbocycles. The third-order valence-corrected chi connectivity index (χ3v) is 6.40. The van der Waals surface area contributed by atoms with Crippen molar-refractivity contribution in [1.82, 2.24) is 9.88 Å². The minimum absolute atomic E-state index is 0.130. The fraction of sp³-hybridized carbons (Fsp3) is 0.261. The summed E-state index contributed by atoms with van der Waals surface area (Å²) in [4.78, 5) is 37.6. The van der Waals surface area contributed by atoms with Crippen LogP contribution in [0.3, 0.4) is 0 Å². The fourth-order valence-corrected chi connectivity index (χ4v) is 4.47. The largest absolute Gasteiger partial charge is 0.391 e. The molecular formula is C23H23N3O4S. The summed E-state index contributed by atoms with van der Waals surface area (Å²) >= 11 is 1.33. The van der Waals surface area contributed by atoms with Crippen LogP contribution in [0.25, 0.3) is 5.69 Å². The van der Waals surface area contributed by atoms with Crippen LogP contribution in [0.5, 0.6) is 0 Å². The Hall–Kier alpha value is -3.23. The van der Waals surface area contributed by atoms with E-state index in [1.165, 1.54) is 22.0 Å². The molecule has 4 rings (SSSR count). The van der Waals surface area contributed by atoms with Crippen molar-refractivity contribution in [2.75, 3.05) is 5.32 Å². The number of nitrogens with zero attached hydrogens (tertiary/aromatic N) is 1. The maximum atomic E-state index is 12.8. The number of aromatic nitrogens is 1. The van der Waals surface area contributed by atoms with Crippen LogP contribution < -0.4 is 16.2 Å². The van der Waals surface area contributed by atoms with Gasteiger partial charge < -0.3 is 15.7 Å². The van der Waals surface area contributed by atoms with Gasteiger partial charge in [-0.15, -0.1) is 11.3 Å². The number of hydrogen-bond donors (Lipinski definition) is 3. The third kappa shape index (κ3) is 4.60. The normalized spacial score (nSPS) is 20.4. The predicted octanol–water partition coefficient (Wildman–Crippen LogP) is 2.72. The number of benzene rings is 1. The minimum atomic E-state index is -0.770. The highest BCUT2D eigenvalue weighted by Gasteiger charge is 2.38. The average molecular weight is 438 g/mol. The SMILES string of the molecule is Cc1cc(-n2ccccc2=O)ccc1NC(=O)[C@@H]1C[C@H](NC(=O)c2cccs2)[C@@H](O)C1. The number of thiophene rings is 1. The smallest absolute Gasteiger partial charge is 0.261 e. The van der Waals surface area contributed by atoms with Crippen LogP contribution in [0.1, 0.15) is 28.1 Å². The highest BCUT2D eigenvalue weighted by atomic mass is 32.1. The highest BCUT2D eigenvalue weighted by Crippen LogP contribution is 2.29. The molecule has 2 heterocycles. The molecule has 1 saturated carbocycles. The molecule has 160 valence electrons. The van der Waals surface area contributed by atoms with E-state index < -0.39 is 18.1 Å². The van der Waals surface area contributed by atoms with Crippen LogP contribution >= 0.6 is 11.3 Å². The molecule has 2 amide bonds. The lowest BCUT2D eigenvalue weighted by atomic mass is 10.1. The topological polar surface area (TPSA) is 100 Å². The number of aryl methyl sites for hydroxylation is 1. The Morgan fingerprint density at radius 2 is 1.97 bits per heavy atom. The van der Waals surface area contributed by atoms with Crippen molar-refractivity contribution in [3.05, 3.63) is 80.9 Å². The number of carbonyl (C=O) groups excluding carboxylic acids is 2. The van der Waals surface area contributed by atoms with Gasteiger partial charge in [0, 0.05) is 29.6 Å². The molecule has 31 heavy (non-hydrogen) atoms. The molecule has 0 saturated heterocycles. The number of rotatable bonds is 5. The van der Waals surface area contributed by atoms with Gasteiger partial charge in [-0.25, -0.2) is 0 Å². The molecule has 0 aliphatic heterocycles. The van der Waals surface area contributed by atoms with Gasteiger partial charge in [-0.05, 0) is 61.0 Å². The van der Waals surface area contributed by atoms with Crippen molar-refractivity contribution < 1.29 is 14.7 Å². The summed E-state index contributed by atoms with van der Waals surface area (Å²) in [6.45, 7) is 1.86. The van der Waals surface area contributed by atoms with E-state index in [9.17, 15) is 19.5 Å². The maximum Gasteiger partial charge on any atom is 0.261 e. The molecule has 0 spiro atoms. The molecule has 1 fully saturated rings. The Kier molecular flexibility index (Phi) is 6.01. The summed E-state index contributed by atoms with van der Waals surface area (Å²) in [5, 5.41) is 17.9. The highest BCUT2D eigenvalue weighted by molar-refractivity contribution is 7.12. The summed E-state index contributed by atoms with van der Waals surface area (Å²) in [7, 11) is 0. The summed E-state index contributed by atoms with van der Waals surface area (Å²) in [6.07, 6.45) is 1.59. The van der Waals surface area contributed by atoms with Crippen LogP contribution in [-0.2, 0) is 4.79 Å². The zero-order chi connectivity index (χ0) is 22.0. The number of anilines is 1. The van der Waals surface area contributed by atoms with E-state index in [0.29, 0.717) is 22.7 Å². The van der Waals surface area contributed by atoms with E-state index in [4.69, 9.17) is 0 Å². The molecule has 3 atom stereocenters. The molecule has 8 heteroatoms. The molecule has 2 aromatic heterocycles. The van der Waals surface area contributed by atoms with Gasteiger partial charge >= 0.3 is 0 Å². The number of amides is 2. The summed E-state index contributed by atoms with van der Waals surface area (Å²) in [6, 6.07) is 13.4. The molecule has 3 N–H and O–H groups in total. The maximum absolute atomic E-state index is 12.8. The Labute approximate surface area is 183 Å². The molecule has 0 radical (unpaired) electrons. The Morgan fingerprint density at radius 3 is 2.68 bits per heavy atom. The quantitative estimate of drug-likeness (QED) is 0.571. The van der Waals surface area contributed by atoms with E-state index in [1.54, 1.807) is 42.6 Å². The monoisotopic (exact) mass is 437 g/mol. The summed E-state index contributed by atoms with van der Waals surface area (Å²) in [5.74, 6) is -0.832. The van der Waals surface area contributed by atoms with Crippen molar-refractivity contribution in [2.45, 2.75) is 31.9 Å². The van der Waals surface area contributed by atoms with Gasteiger partial charge in [0.1, 0.15) is 0 Å². The lowest BCUT2D eigenvalue weighted by Gasteiger charge is -2.16. The van der Waals surface area contributed by atoms with E-state index in [2.05, 4.69) is 10.6 Å². The standard InChI is InChI=1S/C23H23N3O4S/c1-14-11-16(26-9-3-2-6-21(26)28)7-8-17(14)24-22(29)15-12-18(19(27)13-15)25-23(30)20-5-4-10-31-20/h2-11,15,18-19,27H,12-13H2,1H3,(H,24,29)(H,25,30)/t15-,18+,19+/m1/s1. The van der Waals surface area contributed by atoms with E-state index >= 15 is 0 Å². The number of carbonyl (C=O) groups is 2. The lowest BCUT2D eigenvalue weighted by Crippen LogP contribution is -2.39. The first-order chi connectivity index (χ1) is 14.9.